The molecule has 1 N–H and O–H groups in total. The van der Waals surface area contributed by atoms with E-state index < -0.39 is 0 Å². The largest absolute Gasteiger partial charge is 0.314 e. The van der Waals surface area contributed by atoms with E-state index in [1.54, 1.807) is 0 Å². The molecule has 0 spiro atoms. The molecule has 1 fully saturated rings. The molecular formula is C14H18BrN5. The lowest BCUT2D eigenvalue weighted by atomic mass is 10.2. The Kier molecular flexibility index (Phi) is 4.14. The summed E-state index contributed by atoms with van der Waals surface area (Å²) in [5.41, 5.74) is 3.40. The summed E-state index contributed by atoms with van der Waals surface area (Å²) in [4.78, 5) is 2.43. The normalized spacial score (nSPS) is 16.5. The van der Waals surface area contributed by atoms with Crippen molar-refractivity contribution in [1.82, 2.24) is 25.2 Å². The van der Waals surface area contributed by atoms with Crippen LogP contribution in [0.25, 0.3) is 5.69 Å². The standard InChI is InChI=1S/C14H18BrN5/c1-11-8-12(2-3-14(11)15)20-13(9-17-18-20)10-19-6-4-16-5-7-19/h2-3,8-9,16H,4-7,10H2,1H3. The molecule has 0 radical (unpaired) electrons. The van der Waals surface area contributed by atoms with Gasteiger partial charge in [0.2, 0.25) is 0 Å². The Labute approximate surface area is 127 Å². The smallest absolute Gasteiger partial charge is 0.0786 e. The van der Waals surface area contributed by atoms with Crippen molar-refractivity contribution in [3.8, 4) is 5.69 Å². The highest BCUT2D eigenvalue weighted by Crippen LogP contribution is 2.20. The molecule has 1 aliphatic heterocycles. The lowest BCUT2D eigenvalue weighted by Gasteiger charge is -2.26. The first-order valence-electron chi connectivity index (χ1n) is 6.83. The van der Waals surface area contributed by atoms with Crippen LogP contribution in [0.3, 0.4) is 0 Å². The molecule has 1 saturated heterocycles. The minimum atomic E-state index is 0.893. The molecule has 106 valence electrons. The Balaban J connectivity index is 1.83. The van der Waals surface area contributed by atoms with Crippen LogP contribution in [0.15, 0.2) is 28.9 Å². The molecule has 6 heteroatoms. The average Bonchev–Trinajstić information content (AvgIpc) is 2.91. The molecule has 0 unspecified atom stereocenters. The minimum absolute atomic E-state index is 0.893. The number of benzene rings is 1. The summed E-state index contributed by atoms with van der Waals surface area (Å²) in [6, 6.07) is 6.24. The van der Waals surface area contributed by atoms with E-state index in [1.807, 2.05) is 10.9 Å². The lowest BCUT2D eigenvalue weighted by molar-refractivity contribution is 0.229. The Morgan fingerprint density at radius 2 is 2.10 bits per heavy atom. The molecule has 2 heterocycles. The molecule has 1 aromatic carbocycles. The second kappa shape index (κ2) is 6.03. The van der Waals surface area contributed by atoms with Crippen LogP contribution in [-0.4, -0.2) is 46.1 Å². The highest BCUT2D eigenvalue weighted by molar-refractivity contribution is 9.10. The first-order chi connectivity index (χ1) is 9.74. The zero-order chi connectivity index (χ0) is 13.9. The van der Waals surface area contributed by atoms with Crippen LogP contribution >= 0.6 is 15.9 Å². The van der Waals surface area contributed by atoms with Crippen molar-refractivity contribution in [3.63, 3.8) is 0 Å². The maximum absolute atomic E-state index is 4.23. The molecule has 1 aliphatic rings. The van der Waals surface area contributed by atoms with Gasteiger partial charge in [0.15, 0.2) is 0 Å². The van der Waals surface area contributed by atoms with Gasteiger partial charge in [0.1, 0.15) is 0 Å². The van der Waals surface area contributed by atoms with Crippen molar-refractivity contribution in [2.45, 2.75) is 13.5 Å². The number of aryl methyl sites for hydroxylation is 1. The van der Waals surface area contributed by atoms with E-state index in [0.717, 1.165) is 48.6 Å². The molecule has 3 rings (SSSR count). The quantitative estimate of drug-likeness (QED) is 0.928. The van der Waals surface area contributed by atoms with Crippen molar-refractivity contribution in [2.24, 2.45) is 0 Å². The molecular weight excluding hydrogens is 318 g/mol. The fourth-order valence-corrected chi connectivity index (χ4v) is 2.69. The Morgan fingerprint density at radius 1 is 1.30 bits per heavy atom. The molecule has 0 bridgehead atoms. The van der Waals surface area contributed by atoms with Crippen molar-refractivity contribution >= 4 is 15.9 Å². The number of nitrogens with one attached hydrogen (secondary N) is 1. The van der Waals surface area contributed by atoms with Crippen molar-refractivity contribution < 1.29 is 0 Å². The average molecular weight is 336 g/mol. The van der Waals surface area contributed by atoms with Crippen LogP contribution in [0, 0.1) is 6.92 Å². The number of hydrogen-bond acceptors (Lipinski definition) is 4. The second-order valence-corrected chi connectivity index (χ2v) is 5.95. The Morgan fingerprint density at radius 3 is 2.85 bits per heavy atom. The maximum atomic E-state index is 4.23. The summed E-state index contributed by atoms with van der Waals surface area (Å²) in [6.45, 7) is 7.23. The van der Waals surface area contributed by atoms with Crippen LogP contribution in [0.1, 0.15) is 11.3 Å². The predicted octanol–water partition coefficient (Wildman–Crippen LogP) is 1.74. The lowest BCUT2D eigenvalue weighted by Crippen LogP contribution is -2.43. The first-order valence-corrected chi connectivity index (χ1v) is 7.62. The number of nitrogens with zero attached hydrogens (tertiary/aromatic N) is 4. The van der Waals surface area contributed by atoms with Gasteiger partial charge in [-0.25, -0.2) is 4.68 Å². The van der Waals surface area contributed by atoms with Gasteiger partial charge in [0.05, 0.1) is 17.6 Å². The molecule has 0 amide bonds. The first kappa shape index (κ1) is 13.7. The summed E-state index contributed by atoms with van der Waals surface area (Å²) in [5, 5.41) is 11.7. The second-order valence-electron chi connectivity index (χ2n) is 5.10. The van der Waals surface area contributed by atoms with Crippen LogP contribution in [-0.2, 0) is 6.54 Å². The number of halogens is 1. The highest BCUT2D eigenvalue weighted by Gasteiger charge is 2.14. The third-order valence-corrected chi connectivity index (χ3v) is 4.49. The molecule has 1 aromatic heterocycles. The van der Waals surface area contributed by atoms with Gasteiger partial charge in [-0.15, -0.1) is 5.10 Å². The van der Waals surface area contributed by atoms with Gasteiger partial charge < -0.3 is 5.32 Å². The van der Waals surface area contributed by atoms with Crippen molar-refractivity contribution in [3.05, 3.63) is 40.1 Å². The topological polar surface area (TPSA) is 46.0 Å². The zero-order valence-electron chi connectivity index (χ0n) is 11.5. The van der Waals surface area contributed by atoms with Crippen molar-refractivity contribution in [2.75, 3.05) is 26.2 Å². The zero-order valence-corrected chi connectivity index (χ0v) is 13.1. The van der Waals surface area contributed by atoms with Gasteiger partial charge in [-0.3, -0.25) is 4.90 Å². The van der Waals surface area contributed by atoms with Crippen LogP contribution in [0.4, 0.5) is 0 Å². The third kappa shape index (κ3) is 2.92. The molecule has 0 saturated carbocycles. The van der Waals surface area contributed by atoms with E-state index in [4.69, 9.17) is 0 Å². The fourth-order valence-electron chi connectivity index (χ4n) is 2.44. The summed E-state index contributed by atoms with van der Waals surface area (Å²) in [6.07, 6.45) is 1.86. The SMILES string of the molecule is Cc1cc(-n2nncc2CN2CCNCC2)ccc1Br. The van der Waals surface area contributed by atoms with E-state index in [1.165, 1.54) is 5.56 Å². The van der Waals surface area contributed by atoms with Gasteiger partial charge >= 0.3 is 0 Å². The van der Waals surface area contributed by atoms with Crippen LogP contribution in [0.2, 0.25) is 0 Å². The van der Waals surface area contributed by atoms with E-state index in [2.05, 4.69) is 61.6 Å². The van der Waals surface area contributed by atoms with E-state index in [0.29, 0.717) is 0 Å². The minimum Gasteiger partial charge on any atom is -0.314 e. The molecule has 5 nitrogen and oxygen atoms in total. The van der Waals surface area contributed by atoms with Gasteiger partial charge in [-0.1, -0.05) is 21.1 Å². The summed E-state index contributed by atoms with van der Waals surface area (Å²) >= 11 is 3.53. The van der Waals surface area contributed by atoms with E-state index >= 15 is 0 Å². The Hall–Kier alpha value is -1.24. The number of piperazine rings is 1. The third-order valence-electron chi connectivity index (χ3n) is 3.60. The molecule has 2 aromatic rings. The molecule has 0 aliphatic carbocycles. The Bertz CT molecular complexity index is 589. The van der Waals surface area contributed by atoms with Crippen LogP contribution < -0.4 is 5.32 Å². The predicted molar refractivity (Wildman–Crippen MR) is 81.9 cm³/mol. The maximum Gasteiger partial charge on any atom is 0.0786 e. The molecule has 20 heavy (non-hydrogen) atoms. The van der Waals surface area contributed by atoms with Crippen molar-refractivity contribution in [1.29, 1.82) is 0 Å². The van der Waals surface area contributed by atoms with Gasteiger partial charge in [0.25, 0.3) is 0 Å². The number of hydrogen-bond donors (Lipinski definition) is 1. The number of rotatable bonds is 3. The number of aromatic nitrogens is 3. The monoisotopic (exact) mass is 335 g/mol. The fraction of sp³-hybridized carbons (Fsp3) is 0.429. The summed E-state index contributed by atoms with van der Waals surface area (Å²) in [7, 11) is 0. The summed E-state index contributed by atoms with van der Waals surface area (Å²) < 4.78 is 3.05. The highest BCUT2D eigenvalue weighted by atomic mass is 79.9. The van der Waals surface area contributed by atoms with Crippen LogP contribution in [0.5, 0.6) is 0 Å². The van der Waals surface area contributed by atoms with E-state index in [9.17, 15) is 0 Å². The van der Waals surface area contributed by atoms with Gasteiger partial charge in [-0.05, 0) is 30.7 Å². The van der Waals surface area contributed by atoms with Gasteiger partial charge in [-0.2, -0.15) is 0 Å². The van der Waals surface area contributed by atoms with Gasteiger partial charge in [0, 0.05) is 37.2 Å². The molecule has 0 atom stereocenters. The van der Waals surface area contributed by atoms with E-state index in [-0.39, 0.29) is 0 Å². The summed E-state index contributed by atoms with van der Waals surface area (Å²) in [5.74, 6) is 0.